The second-order valence-corrected chi connectivity index (χ2v) is 5.99. The van der Waals surface area contributed by atoms with Gasteiger partial charge < -0.3 is 9.84 Å². The number of ether oxygens (including phenoxy) is 1. The highest BCUT2D eigenvalue weighted by molar-refractivity contribution is 5.81. The number of hydrogen-bond acceptors (Lipinski definition) is 3. The normalized spacial score (nSPS) is 11.6. The van der Waals surface area contributed by atoms with Gasteiger partial charge in [-0.1, -0.05) is 60.5 Å². The van der Waals surface area contributed by atoms with Crippen LogP contribution < -0.4 is 0 Å². The summed E-state index contributed by atoms with van der Waals surface area (Å²) < 4.78 is 4.84. The molecule has 0 aromatic heterocycles. The van der Waals surface area contributed by atoms with Gasteiger partial charge in [0.2, 0.25) is 0 Å². The number of aliphatic carboxylic acids is 1. The van der Waals surface area contributed by atoms with E-state index in [0.717, 1.165) is 18.8 Å². The molecule has 0 bridgehead atoms. The number of carbonyl (C=O) groups is 2. The van der Waals surface area contributed by atoms with Crippen LogP contribution in [0.25, 0.3) is 0 Å². The molecule has 0 rings (SSSR count). The third kappa shape index (κ3) is 16.6. The zero-order valence-corrected chi connectivity index (χ0v) is 14.2. The third-order valence-corrected chi connectivity index (χ3v) is 3.23. The van der Waals surface area contributed by atoms with Crippen molar-refractivity contribution in [1.82, 2.24) is 0 Å². The van der Waals surface area contributed by atoms with Gasteiger partial charge in [0.25, 0.3) is 0 Å². The van der Waals surface area contributed by atoms with Crippen molar-refractivity contribution < 1.29 is 19.4 Å². The lowest BCUT2D eigenvalue weighted by atomic mass is 9.99. The fourth-order valence-corrected chi connectivity index (χ4v) is 1.35. The summed E-state index contributed by atoms with van der Waals surface area (Å²) in [5, 5.41) is 8.35. The topological polar surface area (TPSA) is 63.6 Å². The van der Waals surface area contributed by atoms with Gasteiger partial charge in [0, 0.05) is 6.08 Å². The molecule has 0 saturated carbocycles. The largest absolute Gasteiger partial charge is 0.481 e. The average Bonchev–Trinajstić information content (AvgIpc) is 2.41. The van der Waals surface area contributed by atoms with E-state index in [-0.39, 0.29) is 17.8 Å². The van der Waals surface area contributed by atoms with Crippen LogP contribution in [0.3, 0.4) is 0 Å². The summed E-state index contributed by atoms with van der Waals surface area (Å²) in [6, 6.07) is 0. The molecule has 4 heteroatoms. The van der Waals surface area contributed by atoms with Crippen molar-refractivity contribution >= 4 is 11.9 Å². The van der Waals surface area contributed by atoms with Crippen molar-refractivity contribution in [1.29, 1.82) is 0 Å². The number of rotatable bonds is 9. The molecule has 0 fully saturated rings. The highest BCUT2D eigenvalue weighted by Crippen LogP contribution is 2.08. The molecule has 0 aliphatic carbocycles. The fourth-order valence-electron chi connectivity index (χ4n) is 1.35. The molecule has 0 saturated heterocycles. The van der Waals surface area contributed by atoms with Crippen LogP contribution in [0.15, 0.2) is 12.7 Å². The minimum Gasteiger partial charge on any atom is -0.481 e. The summed E-state index contributed by atoms with van der Waals surface area (Å²) in [7, 11) is 0. The zero-order chi connectivity index (χ0) is 16.8. The number of hydrogen-bond donors (Lipinski definition) is 1. The Bertz CT molecular complexity index is 295. The van der Waals surface area contributed by atoms with Crippen LogP contribution in [-0.4, -0.2) is 23.7 Å². The Kier molecular flexibility index (Phi) is 14.3. The Morgan fingerprint density at radius 3 is 2.00 bits per heavy atom. The van der Waals surface area contributed by atoms with Crippen molar-refractivity contribution in [2.45, 2.75) is 60.3 Å². The quantitative estimate of drug-likeness (QED) is 0.392. The molecule has 0 aromatic rings. The second kappa shape index (κ2) is 13.7. The molecule has 1 unspecified atom stereocenters. The molecular formula is C17H32O4. The number of unbranched alkanes of at least 4 members (excludes halogenated alkanes) is 2. The standard InChI is InChI=1S/C11H20O2.C6H12O2/c1-4-11(12)13-9-7-5-6-8-10(2)3;1-4(2)5(3)6(7)8/h4,10H,1,5-9H2,2-3H3;4-5H,1-3H3,(H,7,8). The molecule has 0 radical (unpaired) electrons. The van der Waals surface area contributed by atoms with Gasteiger partial charge in [-0.15, -0.1) is 0 Å². The van der Waals surface area contributed by atoms with Crippen LogP contribution in [0.2, 0.25) is 0 Å². The second-order valence-electron chi connectivity index (χ2n) is 5.99. The van der Waals surface area contributed by atoms with Gasteiger partial charge in [0.15, 0.2) is 0 Å². The van der Waals surface area contributed by atoms with Gasteiger partial charge in [-0.25, -0.2) is 4.79 Å². The van der Waals surface area contributed by atoms with E-state index < -0.39 is 5.97 Å². The Morgan fingerprint density at radius 1 is 1.10 bits per heavy atom. The molecule has 124 valence electrons. The highest BCUT2D eigenvalue weighted by atomic mass is 16.5. The fraction of sp³-hybridized carbons (Fsp3) is 0.765. The lowest BCUT2D eigenvalue weighted by Gasteiger charge is -2.07. The lowest BCUT2D eigenvalue weighted by molar-refractivity contribution is -0.142. The van der Waals surface area contributed by atoms with Crippen molar-refractivity contribution in [3.8, 4) is 0 Å². The van der Waals surface area contributed by atoms with Crippen molar-refractivity contribution in [3.63, 3.8) is 0 Å². The van der Waals surface area contributed by atoms with E-state index >= 15 is 0 Å². The minimum absolute atomic E-state index is 0.213. The van der Waals surface area contributed by atoms with E-state index in [1.165, 1.54) is 18.9 Å². The molecular weight excluding hydrogens is 268 g/mol. The molecule has 1 N–H and O–H groups in total. The first-order valence-corrected chi connectivity index (χ1v) is 7.74. The Balaban J connectivity index is 0. The molecule has 21 heavy (non-hydrogen) atoms. The van der Waals surface area contributed by atoms with Crippen LogP contribution >= 0.6 is 0 Å². The summed E-state index contributed by atoms with van der Waals surface area (Å²) in [4.78, 5) is 20.8. The van der Waals surface area contributed by atoms with Gasteiger partial charge in [0.05, 0.1) is 12.5 Å². The number of carboxylic acids is 1. The van der Waals surface area contributed by atoms with E-state index in [1.54, 1.807) is 6.92 Å². The van der Waals surface area contributed by atoms with Crippen LogP contribution in [0.5, 0.6) is 0 Å². The van der Waals surface area contributed by atoms with E-state index in [2.05, 4.69) is 20.4 Å². The van der Waals surface area contributed by atoms with Gasteiger partial charge in [-0.2, -0.15) is 0 Å². The summed E-state index contributed by atoms with van der Waals surface area (Å²) in [5.74, 6) is -0.220. The van der Waals surface area contributed by atoms with Crippen LogP contribution in [-0.2, 0) is 14.3 Å². The van der Waals surface area contributed by atoms with Crippen molar-refractivity contribution in [2.24, 2.45) is 17.8 Å². The summed E-state index contributed by atoms with van der Waals surface area (Å²) in [5.41, 5.74) is 0. The van der Waals surface area contributed by atoms with E-state index in [4.69, 9.17) is 9.84 Å². The minimum atomic E-state index is -0.708. The Hall–Kier alpha value is -1.32. The Labute approximate surface area is 129 Å². The number of carboxylic acid groups (broad SMARTS) is 1. The molecule has 0 amide bonds. The average molecular weight is 300 g/mol. The van der Waals surface area contributed by atoms with E-state index in [1.807, 2.05) is 13.8 Å². The SMILES string of the molecule is C=CC(=O)OCCCCCC(C)C.CC(C)C(C)C(=O)O. The lowest BCUT2D eigenvalue weighted by Crippen LogP contribution is -2.15. The van der Waals surface area contributed by atoms with Crippen molar-refractivity contribution in [2.75, 3.05) is 6.61 Å². The maximum atomic E-state index is 10.6. The maximum absolute atomic E-state index is 10.6. The zero-order valence-electron chi connectivity index (χ0n) is 14.2. The first-order chi connectivity index (χ1) is 9.72. The van der Waals surface area contributed by atoms with Crippen molar-refractivity contribution in [3.05, 3.63) is 12.7 Å². The van der Waals surface area contributed by atoms with Crippen LogP contribution in [0, 0.1) is 17.8 Å². The monoisotopic (exact) mass is 300 g/mol. The predicted molar refractivity (Wildman–Crippen MR) is 86.1 cm³/mol. The maximum Gasteiger partial charge on any atom is 0.330 e. The molecule has 0 aliphatic heterocycles. The van der Waals surface area contributed by atoms with Gasteiger partial charge >= 0.3 is 11.9 Å². The summed E-state index contributed by atoms with van der Waals surface area (Å²) in [6.45, 7) is 13.8. The molecule has 4 nitrogen and oxygen atoms in total. The first-order valence-electron chi connectivity index (χ1n) is 7.74. The summed E-state index contributed by atoms with van der Waals surface area (Å²) >= 11 is 0. The molecule has 0 aliphatic rings. The Morgan fingerprint density at radius 2 is 1.67 bits per heavy atom. The predicted octanol–water partition coefficient (Wildman–Crippen LogP) is 4.30. The van der Waals surface area contributed by atoms with E-state index in [0.29, 0.717) is 6.61 Å². The number of carbonyl (C=O) groups excluding carboxylic acids is 1. The van der Waals surface area contributed by atoms with Gasteiger partial charge in [-0.3, -0.25) is 4.79 Å². The van der Waals surface area contributed by atoms with E-state index in [9.17, 15) is 9.59 Å². The molecule has 1 atom stereocenters. The smallest absolute Gasteiger partial charge is 0.330 e. The highest BCUT2D eigenvalue weighted by Gasteiger charge is 2.13. The van der Waals surface area contributed by atoms with Gasteiger partial charge in [0.1, 0.15) is 0 Å². The third-order valence-electron chi connectivity index (χ3n) is 3.23. The van der Waals surface area contributed by atoms with Gasteiger partial charge in [-0.05, 0) is 18.3 Å². The molecule has 0 aromatic carbocycles. The molecule has 0 spiro atoms. The first kappa shape index (κ1) is 22.0. The van der Waals surface area contributed by atoms with Crippen LogP contribution in [0.1, 0.15) is 60.3 Å². The summed E-state index contributed by atoms with van der Waals surface area (Å²) in [6.07, 6.45) is 5.79. The molecule has 0 heterocycles. The number of esters is 1. The van der Waals surface area contributed by atoms with Crippen LogP contribution in [0.4, 0.5) is 0 Å².